The third-order valence-electron chi connectivity index (χ3n) is 4.65. The fourth-order valence-electron chi connectivity index (χ4n) is 3.27. The number of carbonyl (C=O) groups is 3. The molecule has 2 N–H and O–H groups in total. The van der Waals surface area contributed by atoms with Crippen molar-refractivity contribution in [1.29, 1.82) is 0 Å². The van der Waals surface area contributed by atoms with Crippen LogP contribution >= 0.6 is 0 Å². The van der Waals surface area contributed by atoms with Crippen LogP contribution in [0.15, 0.2) is 33.8 Å². The number of hydrogen-bond acceptors (Lipinski definition) is 7. The van der Waals surface area contributed by atoms with Gasteiger partial charge in [0, 0.05) is 23.2 Å². The summed E-state index contributed by atoms with van der Waals surface area (Å²) >= 11 is 0. The van der Waals surface area contributed by atoms with Gasteiger partial charge in [0.25, 0.3) is 5.91 Å². The van der Waals surface area contributed by atoms with E-state index in [1.807, 2.05) is 0 Å². The molecule has 30 heavy (non-hydrogen) atoms. The Morgan fingerprint density at radius 1 is 1.17 bits per heavy atom. The number of aryl methyl sites for hydroxylation is 1. The standard InChI is InChI=1S/C21H23N3O6/c1-4-29-21(27)24-23-15-6-5-7-16-17(15)12(2)18(30-16)19(25)22-14-10-8-13(9-11-14)20(26)28-3/h8-11H,4-7H2,1-3H3,(H,22,25)(H,24,27)/b23-15+. The van der Waals surface area contributed by atoms with Crippen LogP contribution in [0.2, 0.25) is 0 Å². The van der Waals surface area contributed by atoms with Gasteiger partial charge in [-0.2, -0.15) is 5.10 Å². The van der Waals surface area contributed by atoms with Gasteiger partial charge in [-0.05, 0) is 51.0 Å². The maximum atomic E-state index is 12.8. The van der Waals surface area contributed by atoms with Gasteiger partial charge in [-0.3, -0.25) is 4.79 Å². The quantitative estimate of drug-likeness (QED) is 0.573. The molecule has 9 nitrogen and oxygen atoms in total. The number of benzene rings is 1. The molecule has 158 valence electrons. The first-order valence-electron chi connectivity index (χ1n) is 9.56. The minimum Gasteiger partial charge on any atom is -0.465 e. The summed E-state index contributed by atoms with van der Waals surface area (Å²) in [5.41, 5.74) is 5.30. The van der Waals surface area contributed by atoms with Crippen LogP contribution in [0.25, 0.3) is 0 Å². The van der Waals surface area contributed by atoms with Crippen molar-refractivity contribution in [3.63, 3.8) is 0 Å². The molecule has 9 heteroatoms. The molecule has 1 aliphatic carbocycles. The Morgan fingerprint density at radius 3 is 2.57 bits per heavy atom. The second-order valence-corrected chi connectivity index (χ2v) is 6.62. The van der Waals surface area contributed by atoms with Gasteiger partial charge in [0.2, 0.25) is 0 Å². The van der Waals surface area contributed by atoms with Gasteiger partial charge < -0.3 is 19.2 Å². The fraction of sp³-hybridized carbons (Fsp3) is 0.333. The lowest BCUT2D eigenvalue weighted by Gasteiger charge is -2.13. The van der Waals surface area contributed by atoms with Crippen LogP contribution in [-0.2, 0) is 15.9 Å². The van der Waals surface area contributed by atoms with Crippen molar-refractivity contribution in [2.45, 2.75) is 33.1 Å². The van der Waals surface area contributed by atoms with Crippen LogP contribution in [0, 0.1) is 6.92 Å². The van der Waals surface area contributed by atoms with E-state index in [9.17, 15) is 14.4 Å². The molecule has 1 heterocycles. The monoisotopic (exact) mass is 413 g/mol. The number of amides is 2. The van der Waals surface area contributed by atoms with E-state index in [0.717, 1.165) is 12.0 Å². The highest BCUT2D eigenvalue weighted by atomic mass is 16.5. The lowest BCUT2D eigenvalue weighted by atomic mass is 9.93. The molecule has 0 spiro atoms. The smallest absolute Gasteiger partial charge is 0.427 e. The molecular formula is C21H23N3O6. The number of carbonyl (C=O) groups excluding carboxylic acids is 3. The number of fused-ring (bicyclic) bond motifs is 1. The summed E-state index contributed by atoms with van der Waals surface area (Å²) in [6.45, 7) is 3.74. The van der Waals surface area contributed by atoms with Crippen LogP contribution in [0.3, 0.4) is 0 Å². The molecule has 2 amide bonds. The van der Waals surface area contributed by atoms with Gasteiger partial charge in [0.05, 0.1) is 25.0 Å². The molecular weight excluding hydrogens is 390 g/mol. The Bertz CT molecular complexity index is 991. The van der Waals surface area contributed by atoms with Crippen molar-refractivity contribution >= 4 is 29.4 Å². The van der Waals surface area contributed by atoms with Crippen molar-refractivity contribution < 1.29 is 28.3 Å². The minimum absolute atomic E-state index is 0.183. The molecule has 0 unspecified atom stereocenters. The zero-order chi connectivity index (χ0) is 21.7. The van der Waals surface area contributed by atoms with E-state index in [1.165, 1.54) is 7.11 Å². The topological polar surface area (TPSA) is 119 Å². The van der Waals surface area contributed by atoms with Crippen LogP contribution in [0.5, 0.6) is 0 Å². The van der Waals surface area contributed by atoms with Crippen molar-refractivity contribution in [3.8, 4) is 0 Å². The molecule has 1 aromatic heterocycles. The Kier molecular flexibility index (Phi) is 6.51. The van der Waals surface area contributed by atoms with E-state index in [1.54, 1.807) is 38.1 Å². The Labute approximate surface area is 173 Å². The first kappa shape index (κ1) is 21.1. The summed E-state index contributed by atoms with van der Waals surface area (Å²) in [5.74, 6) is -0.0202. The lowest BCUT2D eigenvalue weighted by Crippen LogP contribution is -2.22. The largest absolute Gasteiger partial charge is 0.465 e. The van der Waals surface area contributed by atoms with Crippen molar-refractivity contribution in [1.82, 2.24) is 5.43 Å². The zero-order valence-electron chi connectivity index (χ0n) is 17.0. The van der Waals surface area contributed by atoms with Crippen LogP contribution in [-0.4, -0.2) is 37.4 Å². The van der Waals surface area contributed by atoms with Crippen LogP contribution in [0.1, 0.15) is 57.6 Å². The van der Waals surface area contributed by atoms with E-state index in [0.29, 0.717) is 41.1 Å². The van der Waals surface area contributed by atoms with Gasteiger partial charge in [0.15, 0.2) is 5.76 Å². The number of rotatable bonds is 5. The zero-order valence-corrected chi connectivity index (χ0v) is 17.0. The molecule has 3 rings (SSSR count). The maximum absolute atomic E-state index is 12.8. The highest BCUT2D eigenvalue weighted by Crippen LogP contribution is 2.30. The molecule has 2 aromatic rings. The van der Waals surface area contributed by atoms with Gasteiger partial charge in [-0.15, -0.1) is 0 Å². The molecule has 0 radical (unpaired) electrons. The van der Waals surface area contributed by atoms with Gasteiger partial charge in [0.1, 0.15) is 5.76 Å². The van der Waals surface area contributed by atoms with Crippen molar-refractivity contribution in [2.75, 3.05) is 19.0 Å². The normalized spacial score (nSPS) is 14.0. The summed E-state index contributed by atoms with van der Waals surface area (Å²) in [7, 11) is 1.30. The van der Waals surface area contributed by atoms with Gasteiger partial charge >= 0.3 is 12.1 Å². The molecule has 0 aliphatic heterocycles. The third-order valence-corrected chi connectivity index (χ3v) is 4.65. The molecule has 0 saturated heterocycles. The Morgan fingerprint density at radius 2 is 1.90 bits per heavy atom. The summed E-state index contributed by atoms with van der Waals surface area (Å²) in [5, 5.41) is 6.91. The van der Waals surface area contributed by atoms with Crippen molar-refractivity contribution in [3.05, 3.63) is 52.5 Å². The number of methoxy groups -OCH3 is 1. The number of ether oxygens (including phenoxy) is 2. The number of hydrazone groups is 1. The molecule has 0 fully saturated rings. The van der Waals surface area contributed by atoms with Gasteiger partial charge in [-0.1, -0.05) is 0 Å². The average Bonchev–Trinajstić information content (AvgIpc) is 3.10. The number of nitrogens with one attached hydrogen (secondary N) is 2. The molecule has 0 saturated carbocycles. The number of esters is 1. The summed E-state index contributed by atoms with van der Waals surface area (Å²) in [6.07, 6.45) is 1.48. The number of furan rings is 1. The first-order chi connectivity index (χ1) is 14.4. The van der Waals surface area contributed by atoms with Crippen molar-refractivity contribution in [2.24, 2.45) is 5.10 Å². The molecule has 1 aliphatic rings. The van der Waals surface area contributed by atoms with Gasteiger partial charge in [-0.25, -0.2) is 15.0 Å². The average molecular weight is 413 g/mol. The van der Waals surface area contributed by atoms with E-state index in [2.05, 4.69) is 20.6 Å². The number of nitrogens with zero attached hydrogens (tertiary/aromatic N) is 1. The molecule has 1 aromatic carbocycles. The maximum Gasteiger partial charge on any atom is 0.427 e. The number of anilines is 1. The highest BCUT2D eigenvalue weighted by Gasteiger charge is 2.28. The summed E-state index contributed by atoms with van der Waals surface area (Å²) < 4.78 is 15.3. The van der Waals surface area contributed by atoms with E-state index < -0.39 is 18.0 Å². The molecule has 0 bridgehead atoms. The second-order valence-electron chi connectivity index (χ2n) is 6.62. The SMILES string of the molecule is CCOC(=O)N/N=C1\CCCc2oc(C(=O)Nc3ccc(C(=O)OC)cc3)c(C)c21. The summed E-state index contributed by atoms with van der Waals surface area (Å²) in [4.78, 5) is 35.8. The third kappa shape index (κ3) is 4.51. The Hall–Kier alpha value is -3.62. The molecule has 0 atom stereocenters. The van der Waals surface area contributed by atoms with E-state index in [4.69, 9.17) is 9.15 Å². The van der Waals surface area contributed by atoms with Crippen LogP contribution < -0.4 is 10.7 Å². The predicted molar refractivity (Wildman–Crippen MR) is 109 cm³/mol. The lowest BCUT2D eigenvalue weighted by molar-refractivity contribution is 0.0600. The van der Waals surface area contributed by atoms with Crippen LogP contribution in [0.4, 0.5) is 10.5 Å². The minimum atomic E-state index is -0.633. The van der Waals surface area contributed by atoms with E-state index in [-0.39, 0.29) is 12.4 Å². The number of hydrogen-bond donors (Lipinski definition) is 2. The summed E-state index contributed by atoms with van der Waals surface area (Å²) in [6, 6.07) is 6.34. The first-order valence-corrected chi connectivity index (χ1v) is 9.56. The second kappa shape index (κ2) is 9.25. The van der Waals surface area contributed by atoms with E-state index >= 15 is 0 Å². The Balaban J connectivity index is 1.79. The highest BCUT2D eigenvalue weighted by molar-refractivity contribution is 6.09. The predicted octanol–water partition coefficient (Wildman–Crippen LogP) is 3.41. The fourth-order valence-corrected chi connectivity index (χ4v) is 3.27.